The van der Waals surface area contributed by atoms with E-state index in [0.717, 1.165) is 0 Å². The molecule has 36 heavy (non-hydrogen) atoms. The van der Waals surface area contributed by atoms with Gasteiger partial charge in [0.05, 0.1) is 0 Å². The molecule has 2 aromatic rings. The molecule has 1 saturated heterocycles. The summed E-state index contributed by atoms with van der Waals surface area (Å²) >= 11 is 6.25. The number of carbonyl (C=O) groups is 4. The van der Waals surface area contributed by atoms with Crippen LogP contribution in [0.15, 0.2) is 18.2 Å². The number of carbonyl (C=O) groups excluding carboxylic acids is 4. The van der Waals surface area contributed by atoms with Crippen molar-refractivity contribution in [3.63, 3.8) is 0 Å². The minimum Gasteiger partial charge on any atom is -0.346 e. The third-order valence-electron chi connectivity index (χ3n) is 7.17. The summed E-state index contributed by atoms with van der Waals surface area (Å²) in [5.41, 5.74) is 2.77. The number of hydrogen-bond acceptors (Lipinski definition) is 4. The number of nitrogens with zero attached hydrogens (tertiary/aromatic N) is 1. The van der Waals surface area contributed by atoms with Gasteiger partial charge in [0.2, 0.25) is 11.8 Å². The molecule has 14 heteroatoms. The van der Waals surface area contributed by atoms with E-state index in [1.807, 2.05) is 0 Å². The maximum Gasteiger partial charge on any atom is 0.348 e. The van der Waals surface area contributed by atoms with Crippen LogP contribution in [-0.4, -0.2) is 66.0 Å². The van der Waals surface area contributed by atoms with Crippen molar-refractivity contribution in [1.29, 1.82) is 0 Å². The average Bonchev–Trinajstić information content (AvgIpc) is 3.15. The van der Waals surface area contributed by atoms with Gasteiger partial charge in [-0.25, -0.2) is 0 Å². The van der Waals surface area contributed by atoms with Gasteiger partial charge in [-0.2, -0.15) is 8.78 Å². The van der Waals surface area contributed by atoms with Crippen LogP contribution >= 0.6 is 11.6 Å². The van der Waals surface area contributed by atoms with Crippen LogP contribution in [-0.2, 0) is 33.4 Å². The van der Waals surface area contributed by atoms with Crippen molar-refractivity contribution in [2.75, 3.05) is 0 Å². The number of benzene rings is 2. The van der Waals surface area contributed by atoms with Crippen LogP contribution in [0, 0.1) is 0 Å². The highest BCUT2D eigenvalue weighted by molar-refractivity contribution is 6.64. The molecule has 2 heterocycles. The molecule has 0 radical (unpaired) electrons. The topological polar surface area (TPSA) is 95.6 Å². The number of fused-ring (bicyclic) bond motifs is 1. The molecule has 182 valence electrons. The van der Waals surface area contributed by atoms with Crippen LogP contribution < -0.4 is 32.5 Å². The predicted molar refractivity (Wildman–Crippen MR) is 142 cm³/mol. The summed E-state index contributed by atoms with van der Waals surface area (Å²) in [7, 11) is 6.34. The van der Waals surface area contributed by atoms with Crippen LogP contribution in [0.5, 0.6) is 0 Å². The van der Waals surface area contributed by atoms with Crippen molar-refractivity contribution in [3.05, 3.63) is 45.5 Å². The third kappa shape index (κ3) is 4.34. The van der Waals surface area contributed by atoms with E-state index in [0.29, 0.717) is 32.6 Å². The molecule has 4 rings (SSSR count). The van der Waals surface area contributed by atoms with Crippen molar-refractivity contribution in [2.24, 2.45) is 0 Å². The molecule has 1 unspecified atom stereocenters. The molecule has 0 aliphatic carbocycles. The molecular formula is C22H22B4ClF2N3O4. The Morgan fingerprint density at radius 3 is 2.36 bits per heavy atom. The van der Waals surface area contributed by atoms with E-state index in [9.17, 15) is 19.2 Å². The van der Waals surface area contributed by atoms with E-state index < -0.39 is 23.8 Å². The van der Waals surface area contributed by atoms with E-state index in [4.69, 9.17) is 11.6 Å². The molecule has 0 aromatic heterocycles. The fourth-order valence-corrected chi connectivity index (χ4v) is 5.17. The molecule has 7 nitrogen and oxygen atoms in total. The Kier molecular flexibility index (Phi) is 6.81. The minimum atomic E-state index is -3.77. The van der Waals surface area contributed by atoms with Gasteiger partial charge < -0.3 is 10.2 Å². The van der Waals surface area contributed by atoms with Gasteiger partial charge in [-0.1, -0.05) is 45.6 Å². The first kappa shape index (κ1) is 26.0. The maximum atomic E-state index is 15.3. The van der Waals surface area contributed by atoms with Crippen molar-refractivity contribution in [1.82, 2.24) is 15.5 Å². The highest BCUT2D eigenvalue weighted by Crippen LogP contribution is 2.29. The van der Waals surface area contributed by atoms with Gasteiger partial charge in [-0.3, -0.25) is 24.5 Å². The highest BCUT2D eigenvalue weighted by Gasteiger charge is 2.44. The Morgan fingerprint density at radius 2 is 1.75 bits per heavy atom. The lowest BCUT2D eigenvalue weighted by atomic mass is 9.66. The van der Waals surface area contributed by atoms with Crippen molar-refractivity contribution >= 4 is 88.5 Å². The number of amides is 4. The fourth-order valence-electron chi connectivity index (χ4n) is 4.88. The van der Waals surface area contributed by atoms with Crippen molar-refractivity contribution in [3.8, 4) is 0 Å². The smallest absolute Gasteiger partial charge is 0.346 e. The zero-order chi connectivity index (χ0) is 26.5. The quantitative estimate of drug-likeness (QED) is 0.314. The molecule has 1 fully saturated rings. The van der Waals surface area contributed by atoms with Crippen molar-refractivity contribution in [2.45, 2.75) is 37.9 Å². The first-order chi connectivity index (χ1) is 16.8. The van der Waals surface area contributed by atoms with E-state index >= 15 is 8.78 Å². The highest BCUT2D eigenvalue weighted by atomic mass is 35.5. The summed E-state index contributed by atoms with van der Waals surface area (Å²) in [5, 5.41) is 4.96. The van der Waals surface area contributed by atoms with Crippen LogP contribution in [0.4, 0.5) is 8.78 Å². The summed E-state index contributed by atoms with van der Waals surface area (Å²) in [5.74, 6) is -6.42. The fraction of sp³-hybridized carbons (Fsp3) is 0.273. The van der Waals surface area contributed by atoms with Gasteiger partial charge in [0.1, 0.15) is 37.4 Å². The first-order valence-corrected chi connectivity index (χ1v) is 11.9. The molecule has 0 saturated carbocycles. The minimum absolute atomic E-state index is 0.146. The summed E-state index contributed by atoms with van der Waals surface area (Å²) in [4.78, 5) is 50.5. The Morgan fingerprint density at radius 1 is 1.11 bits per heavy atom. The second-order valence-corrected chi connectivity index (χ2v) is 9.72. The SMILES string of the molecule is Bc1c(B)c(C(F)(F)C(=O)NCc2ccc3c(c2)CN(C2CCC(=O)NC2=O)C3=O)c(B)c(B)c1Cl. The Bertz CT molecular complexity index is 1310. The second kappa shape index (κ2) is 9.42. The van der Waals surface area contributed by atoms with Gasteiger partial charge in [-0.05, 0) is 23.6 Å². The number of alkyl halides is 2. The summed E-state index contributed by atoms with van der Waals surface area (Å²) < 4.78 is 30.6. The lowest BCUT2D eigenvalue weighted by molar-refractivity contribution is -0.146. The summed E-state index contributed by atoms with van der Waals surface area (Å²) in [6.45, 7) is -0.0158. The number of halogens is 3. The molecule has 2 aliphatic heterocycles. The van der Waals surface area contributed by atoms with Gasteiger partial charge in [0.15, 0.2) is 0 Å². The number of hydrogen-bond donors (Lipinski definition) is 2. The van der Waals surface area contributed by atoms with E-state index in [2.05, 4.69) is 10.6 Å². The van der Waals surface area contributed by atoms with Crippen LogP contribution in [0.3, 0.4) is 0 Å². The molecule has 0 spiro atoms. The number of piperidine rings is 1. The largest absolute Gasteiger partial charge is 0.348 e. The molecule has 2 aliphatic rings. The summed E-state index contributed by atoms with van der Waals surface area (Å²) in [6.07, 6.45) is 0.387. The zero-order valence-electron chi connectivity index (χ0n) is 20.4. The summed E-state index contributed by atoms with van der Waals surface area (Å²) in [6, 6.07) is 4.05. The molecule has 0 bridgehead atoms. The van der Waals surface area contributed by atoms with Gasteiger partial charge in [0.25, 0.3) is 11.8 Å². The van der Waals surface area contributed by atoms with Gasteiger partial charge >= 0.3 is 5.92 Å². The van der Waals surface area contributed by atoms with E-state index in [-0.39, 0.29) is 54.2 Å². The van der Waals surface area contributed by atoms with Gasteiger partial charge in [-0.15, -0.1) is 0 Å². The van der Waals surface area contributed by atoms with Crippen LogP contribution in [0.2, 0.25) is 5.02 Å². The van der Waals surface area contributed by atoms with E-state index in [1.165, 1.54) is 20.6 Å². The lowest BCUT2D eigenvalue weighted by Crippen LogP contribution is -2.52. The maximum absolute atomic E-state index is 15.3. The number of rotatable bonds is 5. The first-order valence-electron chi connectivity index (χ1n) is 11.5. The normalized spacial score (nSPS) is 17.7. The molecule has 2 aromatic carbocycles. The number of nitrogens with one attached hydrogen (secondary N) is 2. The Labute approximate surface area is 215 Å². The third-order valence-corrected chi connectivity index (χ3v) is 7.74. The zero-order valence-corrected chi connectivity index (χ0v) is 21.1. The predicted octanol–water partition coefficient (Wildman–Crippen LogP) is -4.46. The Hall–Kier alpha value is -3.07. The second-order valence-electron chi connectivity index (χ2n) is 9.34. The lowest BCUT2D eigenvalue weighted by Gasteiger charge is -2.29. The molecule has 1 atom stereocenters. The van der Waals surface area contributed by atoms with Gasteiger partial charge in [0, 0.05) is 35.7 Å². The van der Waals surface area contributed by atoms with Crippen LogP contribution in [0.1, 0.15) is 39.9 Å². The molecular weight excluding hydrogens is 487 g/mol. The van der Waals surface area contributed by atoms with E-state index in [1.54, 1.807) is 33.9 Å². The van der Waals surface area contributed by atoms with Crippen LogP contribution in [0.25, 0.3) is 0 Å². The standard InChI is InChI=1S/C22H22B4ClF2N3O4/c23-14-13(15(24)17(26)18(27)16(14)25)22(28,29)21(36)30-6-8-1-2-10-9(5-8)7-32(20(10)35)11-3-4-12(33)31-19(11)34/h1-2,5,11H,3-4,6-7,23-26H2,(H,30,36)(H,31,33,34). The van der Waals surface area contributed by atoms with Crippen molar-refractivity contribution < 1.29 is 28.0 Å². The number of imide groups is 1. The molecule has 2 N–H and O–H groups in total. The average molecular weight is 509 g/mol. The Balaban J connectivity index is 1.50. The molecule has 4 amide bonds. The monoisotopic (exact) mass is 509 g/mol.